The molecular weight excluding hydrogens is 459 g/mol. The van der Waals surface area contributed by atoms with Gasteiger partial charge in [-0.1, -0.05) is 46.9 Å². The van der Waals surface area contributed by atoms with Crippen molar-refractivity contribution in [1.29, 1.82) is 0 Å². The van der Waals surface area contributed by atoms with E-state index in [0.717, 1.165) is 5.56 Å². The molecule has 12 heteroatoms. The van der Waals surface area contributed by atoms with Crippen LogP contribution in [-0.2, 0) is 10.0 Å². The van der Waals surface area contributed by atoms with Crippen LogP contribution in [-0.4, -0.2) is 28.6 Å². The third-order valence-corrected chi connectivity index (χ3v) is 6.56. The van der Waals surface area contributed by atoms with Gasteiger partial charge in [0.15, 0.2) is 5.52 Å². The predicted molar refractivity (Wildman–Crippen MR) is 114 cm³/mol. The van der Waals surface area contributed by atoms with E-state index in [1.807, 2.05) is 0 Å². The Morgan fingerprint density at radius 2 is 1.69 bits per heavy atom. The van der Waals surface area contributed by atoms with Gasteiger partial charge in [-0.25, -0.2) is 18.4 Å². The predicted octanol–water partition coefficient (Wildman–Crippen LogP) is 4.36. The lowest BCUT2D eigenvalue weighted by Crippen LogP contribution is -2.13. The van der Waals surface area contributed by atoms with Gasteiger partial charge < -0.3 is 5.73 Å². The normalized spacial score (nSPS) is 11.7. The number of rotatable bonds is 4. The van der Waals surface area contributed by atoms with E-state index in [2.05, 4.69) is 24.9 Å². The number of hydrogen-bond donors (Lipinski definition) is 3. The van der Waals surface area contributed by atoms with Crippen molar-refractivity contribution in [3.8, 4) is 11.3 Å². The quantitative estimate of drug-likeness (QED) is 0.381. The Hall–Kier alpha value is -2.59. The van der Waals surface area contributed by atoms with Crippen molar-refractivity contribution in [3.05, 3.63) is 57.7 Å². The molecule has 29 heavy (non-hydrogen) atoms. The Balaban J connectivity index is 1.61. The fraction of sp³-hybridized carbons (Fsp3) is 0. The maximum atomic E-state index is 12.6. The molecule has 0 saturated heterocycles. The third-order valence-electron chi connectivity index (χ3n) is 3.99. The summed E-state index contributed by atoms with van der Waals surface area (Å²) in [5, 5.41) is 6.80. The number of aromatic amines is 1. The number of halogens is 3. The van der Waals surface area contributed by atoms with E-state index >= 15 is 0 Å². The SMILES string of the molecule is Nc1[nH]nc2nc(-c3ccc(NS(=O)(=O)c4cc(Cl)c(Cl)cc4Cl)cc3)cnc12. The number of aromatic nitrogens is 4. The van der Waals surface area contributed by atoms with E-state index < -0.39 is 10.0 Å². The van der Waals surface area contributed by atoms with Crippen LogP contribution in [0, 0.1) is 0 Å². The average molecular weight is 470 g/mol. The van der Waals surface area contributed by atoms with Crippen molar-refractivity contribution in [2.75, 3.05) is 10.5 Å². The molecule has 0 fully saturated rings. The van der Waals surface area contributed by atoms with Crippen LogP contribution in [0.25, 0.3) is 22.4 Å². The Labute approximate surface area is 180 Å². The number of fused-ring (bicyclic) bond motifs is 1. The minimum absolute atomic E-state index is 0.0367. The van der Waals surface area contributed by atoms with Crippen molar-refractivity contribution in [1.82, 2.24) is 20.2 Å². The summed E-state index contributed by atoms with van der Waals surface area (Å²) in [7, 11) is -3.97. The summed E-state index contributed by atoms with van der Waals surface area (Å²) in [6, 6.07) is 9.04. The van der Waals surface area contributed by atoms with E-state index in [-0.39, 0.29) is 20.0 Å². The fourth-order valence-electron chi connectivity index (χ4n) is 2.58. The lowest BCUT2D eigenvalue weighted by Gasteiger charge is -2.11. The van der Waals surface area contributed by atoms with E-state index in [0.29, 0.717) is 28.4 Å². The number of hydrogen-bond acceptors (Lipinski definition) is 6. The van der Waals surface area contributed by atoms with Gasteiger partial charge in [-0.05, 0) is 24.3 Å². The van der Waals surface area contributed by atoms with Crippen molar-refractivity contribution in [2.45, 2.75) is 4.90 Å². The molecule has 8 nitrogen and oxygen atoms in total. The van der Waals surface area contributed by atoms with Crippen LogP contribution >= 0.6 is 34.8 Å². The van der Waals surface area contributed by atoms with Gasteiger partial charge in [0.1, 0.15) is 10.7 Å². The molecule has 148 valence electrons. The lowest BCUT2D eigenvalue weighted by molar-refractivity contribution is 0.601. The Bertz CT molecular complexity index is 1340. The molecular formula is C17H11Cl3N6O2S. The molecule has 4 rings (SSSR count). The fourth-order valence-corrected chi connectivity index (χ4v) is 4.64. The highest BCUT2D eigenvalue weighted by Gasteiger charge is 2.20. The molecule has 0 aliphatic heterocycles. The standard InChI is InChI=1S/C17H11Cl3N6O2S/c18-10-5-12(20)14(6-11(10)19)29(27,28)26-9-3-1-8(2-4-9)13-7-22-15-16(21)24-25-17(15)23-13/h1-7,26H,(H3,21,23,24,25). The second-order valence-corrected chi connectivity index (χ2v) is 8.82. The summed E-state index contributed by atoms with van der Waals surface area (Å²) in [6.07, 6.45) is 1.56. The minimum Gasteiger partial charge on any atom is -0.382 e. The van der Waals surface area contributed by atoms with Crippen molar-refractivity contribution < 1.29 is 8.42 Å². The van der Waals surface area contributed by atoms with E-state index in [1.54, 1.807) is 30.5 Å². The van der Waals surface area contributed by atoms with Crippen LogP contribution < -0.4 is 10.5 Å². The van der Waals surface area contributed by atoms with Gasteiger partial charge in [0.05, 0.1) is 27.0 Å². The second-order valence-electron chi connectivity index (χ2n) is 5.94. The zero-order chi connectivity index (χ0) is 20.8. The monoisotopic (exact) mass is 468 g/mol. The largest absolute Gasteiger partial charge is 0.382 e. The Morgan fingerprint density at radius 3 is 2.41 bits per heavy atom. The van der Waals surface area contributed by atoms with Gasteiger partial charge in [-0.15, -0.1) is 0 Å². The number of nitrogen functional groups attached to an aromatic ring is 1. The number of anilines is 2. The highest BCUT2D eigenvalue weighted by atomic mass is 35.5. The molecule has 0 aliphatic carbocycles. The molecule has 0 aliphatic rings. The first-order valence-corrected chi connectivity index (χ1v) is 10.6. The first-order chi connectivity index (χ1) is 13.7. The van der Waals surface area contributed by atoms with Gasteiger partial charge >= 0.3 is 0 Å². The smallest absolute Gasteiger partial charge is 0.263 e. The first-order valence-electron chi connectivity index (χ1n) is 7.99. The molecule has 4 aromatic rings. The molecule has 0 bridgehead atoms. The maximum absolute atomic E-state index is 12.6. The van der Waals surface area contributed by atoms with Crippen LogP contribution in [0.1, 0.15) is 0 Å². The van der Waals surface area contributed by atoms with Gasteiger partial charge in [0.2, 0.25) is 5.65 Å². The summed E-state index contributed by atoms with van der Waals surface area (Å²) in [4.78, 5) is 8.44. The van der Waals surface area contributed by atoms with Crippen molar-refractivity contribution >= 4 is 67.5 Å². The summed E-state index contributed by atoms with van der Waals surface area (Å²) >= 11 is 17.8. The third kappa shape index (κ3) is 3.82. The molecule has 2 heterocycles. The highest BCUT2D eigenvalue weighted by molar-refractivity contribution is 7.92. The maximum Gasteiger partial charge on any atom is 0.263 e. The lowest BCUT2D eigenvalue weighted by atomic mass is 10.1. The van der Waals surface area contributed by atoms with Crippen LogP contribution in [0.4, 0.5) is 11.5 Å². The van der Waals surface area contributed by atoms with Crippen LogP contribution in [0.2, 0.25) is 15.1 Å². The second kappa shape index (κ2) is 7.34. The first kappa shape index (κ1) is 19.7. The van der Waals surface area contributed by atoms with Gasteiger partial charge in [0.25, 0.3) is 10.0 Å². The van der Waals surface area contributed by atoms with Crippen LogP contribution in [0.3, 0.4) is 0 Å². The van der Waals surface area contributed by atoms with E-state index in [9.17, 15) is 8.42 Å². The molecule has 0 unspecified atom stereocenters. The number of nitrogens with zero attached hydrogens (tertiary/aromatic N) is 3. The van der Waals surface area contributed by atoms with Crippen molar-refractivity contribution in [2.24, 2.45) is 0 Å². The Kier molecular flexibility index (Phi) is 4.99. The summed E-state index contributed by atoms with van der Waals surface area (Å²) in [5.41, 5.74) is 8.19. The van der Waals surface area contributed by atoms with Crippen LogP contribution in [0.15, 0.2) is 47.5 Å². The van der Waals surface area contributed by atoms with Gasteiger partial charge in [0, 0.05) is 11.3 Å². The summed E-state index contributed by atoms with van der Waals surface area (Å²) in [5.74, 6) is 0.338. The molecule has 0 atom stereocenters. The number of nitrogens with one attached hydrogen (secondary N) is 2. The number of H-pyrrole nitrogens is 1. The topological polar surface area (TPSA) is 127 Å². The summed E-state index contributed by atoms with van der Waals surface area (Å²) < 4.78 is 27.7. The zero-order valence-corrected chi connectivity index (χ0v) is 17.4. The molecule has 4 N–H and O–H groups in total. The number of sulfonamides is 1. The minimum atomic E-state index is -3.97. The molecule has 0 radical (unpaired) electrons. The van der Waals surface area contributed by atoms with Gasteiger partial charge in [-0.2, -0.15) is 5.10 Å². The van der Waals surface area contributed by atoms with Crippen molar-refractivity contribution in [3.63, 3.8) is 0 Å². The van der Waals surface area contributed by atoms with Crippen LogP contribution in [0.5, 0.6) is 0 Å². The summed E-state index contributed by atoms with van der Waals surface area (Å²) in [6.45, 7) is 0. The van der Waals surface area contributed by atoms with Gasteiger partial charge in [-0.3, -0.25) is 9.82 Å². The van der Waals surface area contributed by atoms with E-state index in [1.165, 1.54) is 12.1 Å². The molecule has 0 saturated carbocycles. The van der Waals surface area contributed by atoms with E-state index in [4.69, 9.17) is 40.5 Å². The molecule has 2 aromatic heterocycles. The number of benzene rings is 2. The number of nitrogens with two attached hydrogens (primary N) is 1. The Morgan fingerprint density at radius 1 is 1.00 bits per heavy atom. The zero-order valence-electron chi connectivity index (χ0n) is 14.3. The molecule has 0 amide bonds. The average Bonchev–Trinajstić information content (AvgIpc) is 3.05. The highest BCUT2D eigenvalue weighted by Crippen LogP contribution is 2.32. The molecule has 2 aromatic carbocycles. The molecule has 0 spiro atoms.